The lowest BCUT2D eigenvalue weighted by atomic mass is 10.1. The number of halogens is 3. The second-order valence-electron chi connectivity index (χ2n) is 6.63. The van der Waals surface area contributed by atoms with Crippen LogP contribution in [-0.4, -0.2) is 26.9 Å². The van der Waals surface area contributed by atoms with E-state index in [1.165, 1.54) is 6.07 Å². The topological polar surface area (TPSA) is 75.3 Å². The summed E-state index contributed by atoms with van der Waals surface area (Å²) < 4.78 is 65.5. The van der Waals surface area contributed by atoms with Crippen molar-refractivity contribution in [3.8, 4) is 0 Å². The summed E-state index contributed by atoms with van der Waals surface area (Å²) in [7, 11) is -4.39. The number of sulfonamides is 1. The van der Waals surface area contributed by atoms with Gasteiger partial charge in [-0.15, -0.1) is 0 Å². The van der Waals surface area contributed by atoms with E-state index in [0.29, 0.717) is 12.5 Å². The molecule has 0 radical (unpaired) electrons. The van der Waals surface area contributed by atoms with Crippen LogP contribution in [0.15, 0.2) is 59.5 Å². The monoisotopic (exact) mass is 428 g/mol. The molecule has 158 valence electrons. The maximum absolute atomic E-state index is 13.0. The summed E-state index contributed by atoms with van der Waals surface area (Å²) in [6.45, 7) is 1.54. The fourth-order valence-electron chi connectivity index (χ4n) is 2.76. The number of aryl methyl sites for hydroxylation is 1. The van der Waals surface area contributed by atoms with E-state index in [4.69, 9.17) is 0 Å². The molecule has 1 amide bonds. The van der Waals surface area contributed by atoms with Crippen LogP contribution in [0.25, 0.3) is 0 Å². The molecule has 2 aromatic rings. The molecule has 0 aliphatic carbocycles. The van der Waals surface area contributed by atoms with Crippen LogP contribution in [0.1, 0.15) is 30.9 Å². The average Bonchev–Trinajstić information content (AvgIpc) is 2.66. The van der Waals surface area contributed by atoms with Crippen LogP contribution in [0.3, 0.4) is 0 Å². The number of hydrogen-bond acceptors (Lipinski definition) is 3. The molecule has 9 heteroatoms. The fourth-order valence-corrected chi connectivity index (χ4v) is 4.02. The second kappa shape index (κ2) is 9.89. The van der Waals surface area contributed by atoms with Crippen molar-refractivity contribution in [1.29, 1.82) is 0 Å². The van der Waals surface area contributed by atoms with Crippen molar-refractivity contribution in [3.63, 3.8) is 0 Å². The van der Waals surface area contributed by atoms with Gasteiger partial charge >= 0.3 is 6.18 Å². The zero-order chi connectivity index (χ0) is 21.5. The lowest BCUT2D eigenvalue weighted by molar-refractivity contribution is -0.139. The summed E-state index contributed by atoms with van der Waals surface area (Å²) in [5.74, 6) is -0.377. The van der Waals surface area contributed by atoms with E-state index in [9.17, 15) is 26.4 Å². The average molecular weight is 428 g/mol. The normalized spacial score (nSPS) is 13.1. The zero-order valence-corrected chi connectivity index (χ0v) is 16.7. The summed E-state index contributed by atoms with van der Waals surface area (Å²) in [6, 6.07) is 13.6. The Hall–Kier alpha value is -2.39. The van der Waals surface area contributed by atoms with Crippen molar-refractivity contribution in [2.45, 2.75) is 43.3 Å². The number of carbonyl (C=O) groups excluding carboxylic acids is 1. The molecule has 0 heterocycles. The molecule has 29 heavy (non-hydrogen) atoms. The zero-order valence-electron chi connectivity index (χ0n) is 15.9. The van der Waals surface area contributed by atoms with E-state index in [1.54, 1.807) is 0 Å². The molecule has 0 spiro atoms. The predicted octanol–water partition coefficient (Wildman–Crippen LogP) is 3.51. The first kappa shape index (κ1) is 22.9. The molecule has 2 aromatic carbocycles. The van der Waals surface area contributed by atoms with Gasteiger partial charge < -0.3 is 5.32 Å². The van der Waals surface area contributed by atoms with Gasteiger partial charge in [0.25, 0.3) is 0 Å². The minimum atomic E-state index is -4.79. The predicted molar refractivity (Wildman–Crippen MR) is 104 cm³/mol. The van der Waals surface area contributed by atoms with E-state index < -0.39 is 26.7 Å². The van der Waals surface area contributed by atoms with Gasteiger partial charge in [-0.3, -0.25) is 4.79 Å². The first-order valence-electron chi connectivity index (χ1n) is 9.09. The summed E-state index contributed by atoms with van der Waals surface area (Å²) >= 11 is 0. The quantitative estimate of drug-likeness (QED) is 0.642. The largest absolute Gasteiger partial charge is 0.417 e. The molecule has 2 N–H and O–H groups in total. The number of alkyl halides is 3. The summed E-state index contributed by atoms with van der Waals surface area (Å²) in [5, 5.41) is 2.76. The van der Waals surface area contributed by atoms with E-state index >= 15 is 0 Å². The van der Waals surface area contributed by atoms with Crippen molar-refractivity contribution in [3.05, 3.63) is 65.7 Å². The van der Waals surface area contributed by atoms with Gasteiger partial charge in [-0.25, -0.2) is 13.1 Å². The molecule has 0 saturated carbocycles. The SMILES string of the molecule is CC(CCc1ccccc1)NC(=O)CCNS(=O)(=O)c1ccccc1C(F)(F)F. The van der Waals surface area contributed by atoms with Gasteiger partial charge in [0, 0.05) is 19.0 Å². The van der Waals surface area contributed by atoms with E-state index in [-0.39, 0.29) is 24.9 Å². The van der Waals surface area contributed by atoms with Crippen molar-refractivity contribution in [1.82, 2.24) is 10.0 Å². The van der Waals surface area contributed by atoms with Crippen molar-refractivity contribution in [2.24, 2.45) is 0 Å². The van der Waals surface area contributed by atoms with Gasteiger partial charge in [0.05, 0.1) is 10.5 Å². The minimum absolute atomic E-state index is 0.120. The highest BCUT2D eigenvalue weighted by atomic mass is 32.2. The molecule has 1 atom stereocenters. The Kier molecular flexibility index (Phi) is 7.80. The smallest absolute Gasteiger partial charge is 0.354 e. The highest BCUT2D eigenvalue weighted by molar-refractivity contribution is 7.89. The van der Waals surface area contributed by atoms with Gasteiger partial charge in [0.1, 0.15) is 0 Å². The Bertz CT molecular complexity index is 916. The minimum Gasteiger partial charge on any atom is -0.354 e. The van der Waals surface area contributed by atoms with Crippen molar-refractivity contribution >= 4 is 15.9 Å². The number of amides is 1. The molecular weight excluding hydrogens is 405 g/mol. The molecule has 0 saturated heterocycles. The standard InChI is InChI=1S/C20H23F3N2O3S/c1-15(11-12-16-7-3-2-4-8-16)25-19(26)13-14-24-29(27,28)18-10-6-5-9-17(18)20(21,22)23/h2-10,15,24H,11-14H2,1H3,(H,25,26). The third kappa shape index (κ3) is 7.17. The second-order valence-corrected chi connectivity index (χ2v) is 8.37. The van der Waals surface area contributed by atoms with Gasteiger partial charge in [0.15, 0.2) is 0 Å². The number of rotatable bonds is 9. The fraction of sp³-hybridized carbons (Fsp3) is 0.350. The summed E-state index contributed by atoms with van der Waals surface area (Å²) in [4.78, 5) is 11.1. The van der Waals surface area contributed by atoms with Gasteiger partial charge in [-0.2, -0.15) is 13.2 Å². The number of benzene rings is 2. The molecule has 0 bridgehead atoms. The lowest BCUT2D eigenvalue weighted by Gasteiger charge is -2.15. The third-order valence-corrected chi connectivity index (χ3v) is 5.76. The number of nitrogens with one attached hydrogen (secondary N) is 2. The van der Waals surface area contributed by atoms with E-state index in [1.807, 2.05) is 37.3 Å². The van der Waals surface area contributed by atoms with Crippen LogP contribution in [0, 0.1) is 0 Å². The molecule has 0 aromatic heterocycles. The first-order chi connectivity index (χ1) is 13.6. The van der Waals surface area contributed by atoms with E-state index in [2.05, 4.69) is 10.0 Å². The van der Waals surface area contributed by atoms with Gasteiger partial charge in [-0.1, -0.05) is 42.5 Å². The summed E-state index contributed by atoms with van der Waals surface area (Å²) in [6.07, 6.45) is -3.48. The number of carbonyl (C=O) groups is 1. The molecular formula is C20H23F3N2O3S. The Morgan fingerprint density at radius 1 is 1.03 bits per heavy atom. The highest BCUT2D eigenvalue weighted by Crippen LogP contribution is 2.33. The van der Waals surface area contributed by atoms with Crippen LogP contribution in [0.2, 0.25) is 0 Å². The molecule has 2 rings (SSSR count). The van der Waals surface area contributed by atoms with Crippen LogP contribution in [0.5, 0.6) is 0 Å². The third-order valence-electron chi connectivity index (χ3n) is 4.24. The number of hydrogen-bond donors (Lipinski definition) is 2. The summed E-state index contributed by atoms with van der Waals surface area (Å²) in [5.41, 5.74) is -0.101. The Morgan fingerprint density at radius 3 is 2.31 bits per heavy atom. The van der Waals surface area contributed by atoms with Crippen molar-refractivity contribution in [2.75, 3.05) is 6.54 Å². The maximum atomic E-state index is 13.0. The maximum Gasteiger partial charge on any atom is 0.417 e. The van der Waals surface area contributed by atoms with Crippen molar-refractivity contribution < 1.29 is 26.4 Å². The van der Waals surface area contributed by atoms with Gasteiger partial charge in [-0.05, 0) is 37.5 Å². The first-order valence-corrected chi connectivity index (χ1v) is 10.6. The van der Waals surface area contributed by atoms with Crippen LogP contribution in [0.4, 0.5) is 13.2 Å². The molecule has 0 aliphatic rings. The van der Waals surface area contributed by atoms with Crippen LogP contribution >= 0.6 is 0 Å². The van der Waals surface area contributed by atoms with Gasteiger partial charge in [0.2, 0.25) is 15.9 Å². The molecule has 0 aliphatic heterocycles. The Labute approximate surface area is 168 Å². The molecule has 5 nitrogen and oxygen atoms in total. The van der Waals surface area contributed by atoms with Crippen LogP contribution in [-0.2, 0) is 27.4 Å². The molecule has 1 unspecified atom stereocenters. The molecule has 0 fully saturated rings. The van der Waals surface area contributed by atoms with E-state index in [0.717, 1.165) is 24.1 Å². The Morgan fingerprint density at radius 2 is 1.66 bits per heavy atom. The van der Waals surface area contributed by atoms with Crippen LogP contribution < -0.4 is 10.0 Å². The Balaban J connectivity index is 1.83. The highest BCUT2D eigenvalue weighted by Gasteiger charge is 2.36. The lowest BCUT2D eigenvalue weighted by Crippen LogP contribution is -2.36.